The summed E-state index contributed by atoms with van der Waals surface area (Å²) in [5.74, 6) is 2.57. The lowest BCUT2D eigenvalue weighted by Crippen LogP contribution is -2.42. The predicted octanol–water partition coefficient (Wildman–Crippen LogP) is 4.64. The van der Waals surface area contributed by atoms with Crippen molar-refractivity contribution in [3.63, 3.8) is 0 Å². The maximum absolute atomic E-state index is 12.1. The highest BCUT2D eigenvalue weighted by Gasteiger charge is 2.33. The van der Waals surface area contributed by atoms with Crippen molar-refractivity contribution in [2.24, 2.45) is 17.8 Å². The van der Waals surface area contributed by atoms with Crippen LogP contribution in [0.5, 0.6) is 0 Å². The summed E-state index contributed by atoms with van der Waals surface area (Å²) >= 11 is 6.87. The van der Waals surface area contributed by atoms with Gasteiger partial charge in [0.25, 0.3) is 0 Å². The van der Waals surface area contributed by atoms with E-state index in [9.17, 15) is 4.79 Å². The number of hydrogen-bond donors (Lipinski definition) is 1. The Bertz CT molecular complexity index is 360. The van der Waals surface area contributed by atoms with E-state index in [1.165, 1.54) is 6.42 Å². The Hall–Kier alpha value is -0.290. The van der Waals surface area contributed by atoms with E-state index in [0.717, 1.165) is 22.8 Å². The van der Waals surface area contributed by atoms with Crippen molar-refractivity contribution < 1.29 is 9.53 Å². The number of thiocarbonyl (C=S) groups is 1. The number of carbonyl (C=O) groups is 1. The van der Waals surface area contributed by atoms with Crippen LogP contribution in [0.1, 0.15) is 53.9 Å². The van der Waals surface area contributed by atoms with Gasteiger partial charge in [-0.25, -0.2) is 4.79 Å². The molecule has 0 aromatic heterocycles. The third-order valence-electron chi connectivity index (χ3n) is 4.19. The minimum absolute atomic E-state index is 0.0355. The molecule has 122 valence electrons. The second-order valence-electron chi connectivity index (χ2n) is 6.39. The second-order valence-corrected chi connectivity index (χ2v) is 8.39. The number of thioether (sulfide) groups is 1. The standard InChI is InChI=1S/C16H29NO2S2/c1-6-21-15(20)12(5)17-16(18)19-14-9-11(4)7-8-13(14)10(2)3/h10-14H,6-9H2,1-5H3,(H,17,18)/t11-,12-,13-,14-/m0/s1. The average molecular weight is 332 g/mol. The van der Waals surface area contributed by atoms with Gasteiger partial charge in [-0.2, -0.15) is 0 Å². The minimum Gasteiger partial charge on any atom is -0.446 e. The molecular weight excluding hydrogens is 302 g/mol. The van der Waals surface area contributed by atoms with E-state index >= 15 is 0 Å². The molecule has 1 aliphatic rings. The maximum Gasteiger partial charge on any atom is 0.407 e. The van der Waals surface area contributed by atoms with E-state index in [2.05, 4.69) is 33.0 Å². The number of carbonyl (C=O) groups excluding carboxylic acids is 1. The molecule has 4 atom stereocenters. The fourth-order valence-corrected chi connectivity index (χ4v) is 3.93. The molecule has 1 aliphatic carbocycles. The molecule has 0 radical (unpaired) electrons. The molecule has 0 aromatic rings. The summed E-state index contributed by atoms with van der Waals surface area (Å²) < 4.78 is 6.53. The number of rotatable bonds is 5. The van der Waals surface area contributed by atoms with Crippen LogP contribution < -0.4 is 5.32 Å². The summed E-state index contributed by atoms with van der Waals surface area (Å²) in [7, 11) is 0. The molecule has 0 bridgehead atoms. The average Bonchev–Trinajstić information content (AvgIpc) is 2.38. The first-order chi connectivity index (χ1) is 9.85. The summed E-state index contributed by atoms with van der Waals surface area (Å²) in [6, 6.07) is -0.129. The van der Waals surface area contributed by atoms with Gasteiger partial charge >= 0.3 is 6.09 Å². The van der Waals surface area contributed by atoms with E-state index < -0.39 is 0 Å². The molecular formula is C16H29NO2S2. The summed E-state index contributed by atoms with van der Waals surface area (Å²) in [5.41, 5.74) is 0. The van der Waals surface area contributed by atoms with Gasteiger partial charge in [0.2, 0.25) is 0 Å². The normalized spacial score (nSPS) is 27.2. The number of ether oxygens (including phenoxy) is 1. The Morgan fingerprint density at radius 2 is 2.05 bits per heavy atom. The topological polar surface area (TPSA) is 38.3 Å². The summed E-state index contributed by atoms with van der Waals surface area (Å²) in [4.78, 5) is 12.1. The van der Waals surface area contributed by atoms with Gasteiger partial charge in [0.1, 0.15) is 6.10 Å². The maximum atomic E-state index is 12.1. The Morgan fingerprint density at radius 3 is 2.62 bits per heavy atom. The molecule has 0 aliphatic heterocycles. The Morgan fingerprint density at radius 1 is 1.38 bits per heavy atom. The van der Waals surface area contributed by atoms with Crippen molar-refractivity contribution >= 4 is 34.3 Å². The van der Waals surface area contributed by atoms with Gasteiger partial charge in [0, 0.05) is 0 Å². The Balaban J connectivity index is 2.52. The van der Waals surface area contributed by atoms with Gasteiger partial charge in [-0.1, -0.05) is 46.3 Å². The van der Waals surface area contributed by atoms with E-state index in [1.807, 2.05) is 6.92 Å². The lowest BCUT2D eigenvalue weighted by molar-refractivity contribution is 0.00594. The third kappa shape index (κ3) is 6.15. The van der Waals surface area contributed by atoms with Crippen LogP contribution in [0.3, 0.4) is 0 Å². The van der Waals surface area contributed by atoms with Gasteiger partial charge in [0.15, 0.2) is 0 Å². The first kappa shape index (κ1) is 18.8. The van der Waals surface area contributed by atoms with Crippen molar-refractivity contribution in [2.45, 2.75) is 66.0 Å². The van der Waals surface area contributed by atoms with Crippen molar-refractivity contribution in [3.8, 4) is 0 Å². The monoisotopic (exact) mass is 331 g/mol. The summed E-state index contributed by atoms with van der Waals surface area (Å²) in [6.45, 7) is 10.6. The molecule has 1 rings (SSSR count). The molecule has 1 amide bonds. The van der Waals surface area contributed by atoms with Crippen LogP contribution in [0, 0.1) is 17.8 Å². The SMILES string of the molecule is CCSC(=S)[C@H](C)NC(=O)O[C@H]1C[C@@H](C)CC[C@H]1C(C)C. The molecule has 0 aromatic carbocycles. The van der Waals surface area contributed by atoms with E-state index in [-0.39, 0.29) is 18.2 Å². The zero-order chi connectivity index (χ0) is 16.0. The van der Waals surface area contributed by atoms with Crippen LogP contribution in [0.25, 0.3) is 0 Å². The smallest absolute Gasteiger partial charge is 0.407 e. The summed E-state index contributed by atoms with van der Waals surface area (Å²) in [6.07, 6.45) is 3.06. The van der Waals surface area contributed by atoms with Crippen LogP contribution >= 0.6 is 24.0 Å². The second kappa shape index (κ2) is 8.99. The zero-order valence-electron chi connectivity index (χ0n) is 13.8. The van der Waals surface area contributed by atoms with Gasteiger partial charge in [-0.15, -0.1) is 11.8 Å². The molecule has 0 unspecified atom stereocenters. The van der Waals surface area contributed by atoms with Crippen molar-refractivity contribution in [1.82, 2.24) is 5.32 Å². The fraction of sp³-hybridized carbons (Fsp3) is 0.875. The van der Waals surface area contributed by atoms with E-state index in [1.54, 1.807) is 11.8 Å². The molecule has 1 saturated carbocycles. The first-order valence-corrected chi connectivity index (χ1v) is 9.38. The summed E-state index contributed by atoms with van der Waals surface area (Å²) in [5, 5.41) is 2.86. The van der Waals surface area contributed by atoms with Crippen LogP contribution in [0.2, 0.25) is 0 Å². The highest BCUT2D eigenvalue weighted by molar-refractivity contribution is 8.23. The van der Waals surface area contributed by atoms with Gasteiger partial charge in [0.05, 0.1) is 10.2 Å². The van der Waals surface area contributed by atoms with E-state index in [0.29, 0.717) is 17.8 Å². The number of alkyl carbamates (subject to hydrolysis) is 1. The van der Waals surface area contributed by atoms with Gasteiger partial charge in [-0.05, 0) is 43.3 Å². The largest absolute Gasteiger partial charge is 0.446 e. The fourth-order valence-electron chi connectivity index (χ4n) is 2.92. The minimum atomic E-state index is -0.327. The molecule has 5 heteroatoms. The van der Waals surface area contributed by atoms with Crippen molar-refractivity contribution in [1.29, 1.82) is 0 Å². The van der Waals surface area contributed by atoms with Crippen LogP contribution in [0.4, 0.5) is 4.79 Å². The zero-order valence-corrected chi connectivity index (χ0v) is 15.5. The van der Waals surface area contributed by atoms with E-state index in [4.69, 9.17) is 17.0 Å². The molecule has 1 N–H and O–H groups in total. The molecule has 1 fully saturated rings. The highest BCUT2D eigenvalue weighted by Crippen LogP contribution is 2.35. The molecule has 0 spiro atoms. The number of nitrogens with one attached hydrogen (secondary N) is 1. The Kier molecular flexibility index (Phi) is 8.03. The molecule has 3 nitrogen and oxygen atoms in total. The number of amides is 1. The van der Waals surface area contributed by atoms with Crippen LogP contribution in [0.15, 0.2) is 0 Å². The Labute approximate surface area is 139 Å². The predicted molar refractivity (Wildman–Crippen MR) is 94.9 cm³/mol. The third-order valence-corrected chi connectivity index (χ3v) is 5.83. The van der Waals surface area contributed by atoms with Gasteiger partial charge in [-0.3, -0.25) is 0 Å². The lowest BCUT2D eigenvalue weighted by Gasteiger charge is -2.36. The molecule has 21 heavy (non-hydrogen) atoms. The first-order valence-electron chi connectivity index (χ1n) is 7.98. The van der Waals surface area contributed by atoms with Crippen LogP contribution in [-0.2, 0) is 4.74 Å². The highest BCUT2D eigenvalue weighted by atomic mass is 32.2. The number of hydrogen-bond acceptors (Lipinski definition) is 4. The van der Waals surface area contributed by atoms with Gasteiger partial charge < -0.3 is 10.1 Å². The van der Waals surface area contributed by atoms with Crippen molar-refractivity contribution in [3.05, 3.63) is 0 Å². The molecule has 0 heterocycles. The molecule has 0 saturated heterocycles. The lowest BCUT2D eigenvalue weighted by atomic mass is 9.75. The van der Waals surface area contributed by atoms with Crippen molar-refractivity contribution in [2.75, 3.05) is 5.75 Å². The van der Waals surface area contributed by atoms with Crippen LogP contribution in [-0.4, -0.2) is 28.2 Å². The quantitative estimate of drug-likeness (QED) is 0.745.